The van der Waals surface area contributed by atoms with Crippen molar-refractivity contribution in [3.8, 4) is 0 Å². The molecule has 0 bridgehead atoms. The molecule has 8 nitrogen and oxygen atoms in total. The molecule has 1 aromatic carbocycles. The summed E-state index contributed by atoms with van der Waals surface area (Å²) in [6.45, 7) is 4.17. The summed E-state index contributed by atoms with van der Waals surface area (Å²) in [6.07, 6.45) is 1.21. The monoisotopic (exact) mass is 391 g/mol. The second-order valence-corrected chi connectivity index (χ2v) is 6.11. The molecule has 0 saturated carbocycles. The van der Waals surface area contributed by atoms with Crippen LogP contribution in [0.1, 0.15) is 30.2 Å². The van der Waals surface area contributed by atoms with E-state index in [0.717, 1.165) is 16.7 Å². The molecule has 0 aliphatic heterocycles. The van der Waals surface area contributed by atoms with Gasteiger partial charge in [-0.1, -0.05) is 23.7 Å². The summed E-state index contributed by atoms with van der Waals surface area (Å²) in [6, 6.07) is 6.06. The van der Waals surface area contributed by atoms with E-state index in [-0.39, 0.29) is 16.3 Å². The Labute approximate surface area is 160 Å². The Morgan fingerprint density at radius 2 is 1.89 bits per heavy atom. The van der Waals surface area contributed by atoms with E-state index in [4.69, 9.17) is 11.6 Å². The van der Waals surface area contributed by atoms with Crippen LogP contribution in [-0.2, 0) is 4.79 Å². The van der Waals surface area contributed by atoms with Crippen molar-refractivity contribution in [2.24, 2.45) is 0 Å². The zero-order valence-electron chi connectivity index (χ0n) is 14.8. The maximum atomic E-state index is 13.1. The number of carbonyl (C=O) groups is 2. The van der Waals surface area contributed by atoms with E-state index in [0.29, 0.717) is 13.1 Å². The zero-order chi connectivity index (χ0) is 20.1. The van der Waals surface area contributed by atoms with Gasteiger partial charge in [0.2, 0.25) is 0 Å². The highest BCUT2D eigenvalue weighted by Crippen LogP contribution is 2.21. The predicted molar refractivity (Wildman–Crippen MR) is 100 cm³/mol. The summed E-state index contributed by atoms with van der Waals surface area (Å²) < 4.78 is 0.962. The number of hydrogen-bond donors (Lipinski definition) is 0. The lowest BCUT2D eigenvalue weighted by Crippen LogP contribution is -2.43. The predicted octanol–water partition coefficient (Wildman–Crippen LogP) is 2.70. The molecule has 1 atom stereocenters. The minimum absolute atomic E-state index is 0.0402. The number of non-ortho nitro benzene ring substituents is 1. The van der Waals surface area contributed by atoms with Crippen LogP contribution in [-0.4, -0.2) is 39.2 Å². The van der Waals surface area contributed by atoms with Crippen LogP contribution in [0.2, 0.25) is 5.02 Å². The first-order chi connectivity index (χ1) is 12.8. The minimum Gasteiger partial charge on any atom is -0.341 e. The Morgan fingerprint density at radius 1 is 1.22 bits per heavy atom. The number of nitrogens with zero attached hydrogens (tertiary/aromatic N) is 3. The maximum absolute atomic E-state index is 13.1. The summed E-state index contributed by atoms with van der Waals surface area (Å²) in [4.78, 5) is 50.1. The number of ketones is 1. The number of nitro benzene ring substituents is 1. The highest BCUT2D eigenvalue weighted by molar-refractivity contribution is 6.30. The molecule has 1 aromatic heterocycles. The van der Waals surface area contributed by atoms with Gasteiger partial charge in [-0.3, -0.25) is 29.1 Å². The van der Waals surface area contributed by atoms with Crippen LogP contribution in [0.25, 0.3) is 0 Å². The largest absolute Gasteiger partial charge is 0.341 e. The number of hydrogen-bond acceptors (Lipinski definition) is 5. The van der Waals surface area contributed by atoms with Gasteiger partial charge in [-0.05, 0) is 19.9 Å². The van der Waals surface area contributed by atoms with Crippen LogP contribution in [0.15, 0.2) is 47.4 Å². The summed E-state index contributed by atoms with van der Waals surface area (Å²) >= 11 is 5.95. The first kappa shape index (κ1) is 20.3. The smallest absolute Gasteiger partial charge is 0.270 e. The van der Waals surface area contributed by atoms with Crippen LogP contribution >= 0.6 is 11.6 Å². The quantitative estimate of drug-likeness (QED) is 0.312. The molecule has 1 amide bonds. The minimum atomic E-state index is -1.50. The van der Waals surface area contributed by atoms with E-state index in [1.807, 2.05) is 0 Å². The van der Waals surface area contributed by atoms with Crippen LogP contribution < -0.4 is 5.56 Å². The third kappa shape index (κ3) is 4.40. The average Bonchev–Trinajstić information content (AvgIpc) is 2.65. The second-order valence-electron chi connectivity index (χ2n) is 5.68. The Kier molecular flexibility index (Phi) is 6.46. The van der Waals surface area contributed by atoms with Crippen molar-refractivity contribution in [2.45, 2.75) is 19.9 Å². The van der Waals surface area contributed by atoms with Crippen LogP contribution in [0.5, 0.6) is 0 Å². The maximum Gasteiger partial charge on any atom is 0.270 e. The van der Waals surface area contributed by atoms with Crippen molar-refractivity contribution >= 4 is 29.0 Å². The second kappa shape index (κ2) is 8.59. The molecule has 27 heavy (non-hydrogen) atoms. The highest BCUT2D eigenvalue weighted by Gasteiger charge is 2.33. The standard InChI is InChI=1S/C18H18ClN3O5/c1-3-20(4-2)18(25)16(21-11-13(19)8-9-15(21)23)17(24)12-6-5-7-14(10-12)22(26)27/h5-11,16H,3-4H2,1-2H3/t16-/m0/s1. The van der Waals surface area contributed by atoms with Gasteiger partial charge >= 0.3 is 0 Å². The number of Topliss-reactive ketones (excluding diaryl/α,β-unsaturated/α-hetero) is 1. The lowest BCUT2D eigenvalue weighted by molar-refractivity contribution is -0.384. The Hall–Kier alpha value is -3.00. The number of rotatable bonds is 7. The van der Waals surface area contributed by atoms with Crippen molar-refractivity contribution in [1.29, 1.82) is 0 Å². The number of likely N-dealkylation sites (N-methyl/N-ethyl adjacent to an activating group) is 1. The Bertz CT molecular complexity index is 937. The molecular weight excluding hydrogens is 374 g/mol. The summed E-state index contributed by atoms with van der Waals surface area (Å²) in [5, 5.41) is 11.2. The van der Waals surface area contributed by atoms with E-state index in [9.17, 15) is 24.5 Å². The van der Waals surface area contributed by atoms with Gasteiger partial charge in [-0.15, -0.1) is 0 Å². The number of amides is 1. The number of halogens is 1. The van der Waals surface area contributed by atoms with Crippen molar-refractivity contribution in [1.82, 2.24) is 9.47 Å². The number of aromatic nitrogens is 1. The molecule has 0 N–H and O–H groups in total. The van der Waals surface area contributed by atoms with E-state index < -0.39 is 28.2 Å². The number of carbonyl (C=O) groups excluding carboxylic acids is 2. The summed E-state index contributed by atoms with van der Waals surface area (Å²) in [5.74, 6) is -1.30. The number of benzene rings is 1. The highest BCUT2D eigenvalue weighted by atomic mass is 35.5. The fourth-order valence-corrected chi connectivity index (χ4v) is 2.84. The molecule has 2 rings (SSSR count). The first-order valence-corrected chi connectivity index (χ1v) is 8.63. The molecule has 0 aliphatic rings. The molecule has 142 valence electrons. The average molecular weight is 392 g/mol. The Balaban J connectivity index is 2.62. The summed E-state index contributed by atoms with van der Waals surface area (Å²) in [7, 11) is 0. The number of nitro groups is 1. The van der Waals surface area contributed by atoms with Gasteiger partial charge in [0.15, 0.2) is 11.8 Å². The SMILES string of the molecule is CCN(CC)C(=O)[C@H](C(=O)c1cccc([N+](=O)[O-])c1)n1cc(Cl)ccc1=O. The van der Waals surface area contributed by atoms with Crippen LogP contribution in [0.3, 0.4) is 0 Å². The van der Waals surface area contributed by atoms with E-state index in [1.54, 1.807) is 13.8 Å². The van der Waals surface area contributed by atoms with E-state index in [2.05, 4.69) is 0 Å². The third-order valence-corrected chi connectivity index (χ3v) is 4.30. The van der Waals surface area contributed by atoms with Gasteiger partial charge in [0.25, 0.3) is 17.2 Å². The van der Waals surface area contributed by atoms with Gasteiger partial charge < -0.3 is 4.90 Å². The molecule has 0 fully saturated rings. The van der Waals surface area contributed by atoms with Gasteiger partial charge in [-0.25, -0.2) is 0 Å². The van der Waals surface area contributed by atoms with Gasteiger partial charge in [0, 0.05) is 43.0 Å². The fourth-order valence-electron chi connectivity index (χ4n) is 2.67. The Morgan fingerprint density at radius 3 is 2.48 bits per heavy atom. The molecule has 0 radical (unpaired) electrons. The van der Waals surface area contributed by atoms with Crippen LogP contribution in [0, 0.1) is 10.1 Å². The molecule has 0 unspecified atom stereocenters. The first-order valence-electron chi connectivity index (χ1n) is 8.25. The van der Waals surface area contributed by atoms with Gasteiger partial charge in [-0.2, -0.15) is 0 Å². The zero-order valence-corrected chi connectivity index (χ0v) is 15.5. The molecule has 0 saturated heterocycles. The van der Waals surface area contributed by atoms with Gasteiger partial charge in [0.1, 0.15) is 0 Å². The van der Waals surface area contributed by atoms with Crippen LogP contribution in [0.4, 0.5) is 5.69 Å². The fraction of sp³-hybridized carbons (Fsp3) is 0.278. The van der Waals surface area contributed by atoms with Crippen molar-refractivity contribution < 1.29 is 14.5 Å². The van der Waals surface area contributed by atoms with E-state index >= 15 is 0 Å². The molecule has 1 heterocycles. The van der Waals surface area contributed by atoms with Gasteiger partial charge in [0.05, 0.1) is 9.95 Å². The third-order valence-electron chi connectivity index (χ3n) is 4.08. The lowest BCUT2D eigenvalue weighted by atomic mass is 10.0. The summed E-state index contributed by atoms with van der Waals surface area (Å²) in [5.41, 5.74) is -0.904. The lowest BCUT2D eigenvalue weighted by Gasteiger charge is -2.25. The molecular formula is C18H18ClN3O5. The number of pyridine rings is 1. The van der Waals surface area contributed by atoms with Crippen molar-refractivity contribution in [2.75, 3.05) is 13.1 Å². The molecule has 2 aromatic rings. The molecule has 9 heteroatoms. The molecule has 0 spiro atoms. The van der Waals surface area contributed by atoms with Crippen molar-refractivity contribution in [3.05, 3.63) is 73.6 Å². The normalized spacial score (nSPS) is 11.7. The topological polar surface area (TPSA) is 103 Å². The molecule has 0 aliphatic carbocycles. The van der Waals surface area contributed by atoms with E-state index in [1.165, 1.54) is 35.4 Å². The van der Waals surface area contributed by atoms with Crippen molar-refractivity contribution in [3.63, 3.8) is 0 Å².